The normalized spacial score (nSPS) is 12.7. The molecule has 2 rings (SSSR count). The minimum Gasteiger partial charge on any atom is -0.322 e. The van der Waals surface area contributed by atoms with Crippen molar-refractivity contribution < 1.29 is 0 Å². The summed E-state index contributed by atoms with van der Waals surface area (Å²) in [6.45, 7) is 0. The van der Waals surface area contributed by atoms with Gasteiger partial charge in [0.1, 0.15) is 0 Å². The van der Waals surface area contributed by atoms with Gasteiger partial charge < -0.3 is 5.73 Å². The molecule has 0 radical (unpaired) electrons. The second-order valence-electron chi connectivity index (χ2n) is 3.24. The summed E-state index contributed by atoms with van der Waals surface area (Å²) in [4.78, 5) is 8.29. The zero-order chi connectivity index (χ0) is 10.7. The zero-order valence-electron chi connectivity index (χ0n) is 7.93. The average molecular weight is 284 g/mol. The molecule has 78 valence electrons. The topological polar surface area (TPSA) is 51.8 Å². The minimum atomic E-state index is -0.0488. The monoisotopic (exact) mass is 283 g/mol. The molecule has 0 amide bonds. The van der Waals surface area contributed by atoms with E-state index in [4.69, 9.17) is 5.73 Å². The predicted molar refractivity (Wildman–Crippen MR) is 64.7 cm³/mol. The maximum absolute atomic E-state index is 6.02. The molecule has 0 aromatic carbocycles. The first-order valence-corrected chi connectivity index (χ1v) is 6.22. The fourth-order valence-electron chi connectivity index (χ4n) is 1.33. The molecule has 0 aliphatic rings. The second-order valence-corrected chi connectivity index (χ2v) is 4.87. The Hall–Kier alpha value is -0.780. The standard InChI is InChI=1S/C10H10BrN3S/c11-8-1-7(3-13-4-8)2-9(12)10-5-15-6-14-10/h1,3-6,9H,2,12H2. The van der Waals surface area contributed by atoms with Crippen molar-refractivity contribution >= 4 is 27.3 Å². The van der Waals surface area contributed by atoms with E-state index in [1.54, 1.807) is 23.0 Å². The Balaban J connectivity index is 2.09. The molecule has 0 aliphatic heterocycles. The molecule has 0 aliphatic carbocycles. The van der Waals surface area contributed by atoms with Crippen LogP contribution in [0.4, 0.5) is 0 Å². The largest absolute Gasteiger partial charge is 0.322 e. The quantitative estimate of drug-likeness (QED) is 0.942. The SMILES string of the molecule is NC(Cc1cncc(Br)c1)c1cscn1. The molecule has 15 heavy (non-hydrogen) atoms. The van der Waals surface area contributed by atoms with Crippen LogP contribution in [-0.4, -0.2) is 9.97 Å². The Morgan fingerprint density at radius 3 is 3.00 bits per heavy atom. The number of rotatable bonds is 3. The van der Waals surface area contributed by atoms with E-state index in [2.05, 4.69) is 25.9 Å². The van der Waals surface area contributed by atoms with E-state index >= 15 is 0 Å². The number of aromatic nitrogens is 2. The molecule has 0 saturated heterocycles. The minimum absolute atomic E-state index is 0.0488. The van der Waals surface area contributed by atoms with Crippen molar-refractivity contribution in [1.82, 2.24) is 9.97 Å². The van der Waals surface area contributed by atoms with Crippen LogP contribution in [0, 0.1) is 0 Å². The first-order chi connectivity index (χ1) is 7.25. The van der Waals surface area contributed by atoms with Crippen molar-refractivity contribution in [3.05, 3.63) is 45.1 Å². The van der Waals surface area contributed by atoms with E-state index in [0.29, 0.717) is 0 Å². The third kappa shape index (κ3) is 2.84. The molecule has 0 spiro atoms. The number of hydrogen-bond acceptors (Lipinski definition) is 4. The first kappa shape index (κ1) is 10.7. The second kappa shape index (κ2) is 4.83. The van der Waals surface area contributed by atoms with Crippen LogP contribution in [0.25, 0.3) is 0 Å². The van der Waals surface area contributed by atoms with Crippen molar-refractivity contribution in [1.29, 1.82) is 0 Å². The van der Waals surface area contributed by atoms with Gasteiger partial charge >= 0.3 is 0 Å². The van der Waals surface area contributed by atoms with E-state index in [0.717, 1.165) is 22.2 Å². The molecule has 0 saturated carbocycles. The van der Waals surface area contributed by atoms with Crippen LogP contribution in [0.15, 0.2) is 33.8 Å². The third-order valence-electron chi connectivity index (χ3n) is 2.05. The highest BCUT2D eigenvalue weighted by Crippen LogP contribution is 2.17. The van der Waals surface area contributed by atoms with Crippen molar-refractivity contribution in [2.24, 2.45) is 5.73 Å². The van der Waals surface area contributed by atoms with Crippen LogP contribution in [0.1, 0.15) is 17.3 Å². The zero-order valence-corrected chi connectivity index (χ0v) is 10.3. The molecule has 2 aromatic heterocycles. The third-order valence-corrected chi connectivity index (χ3v) is 3.09. The molecular formula is C10H10BrN3S. The summed E-state index contributed by atoms with van der Waals surface area (Å²) in [5.41, 5.74) is 9.88. The van der Waals surface area contributed by atoms with Crippen LogP contribution >= 0.6 is 27.3 Å². The molecule has 2 N–H and O–H groups in total. The molecule has 1 atom stereocenters. The molecule has 0 bridgehead atoms. The Kier molecular flexibility index (Phi) is 3.45. The van der Waals surface area contributed by atoms with E-state index in [9.17, 15) is 0 Å². The molecule has 5 heteroatoms. The Labute approximate surface area is 101 Å². The van der Waals surface area contributed by atoms with Crippen molar-refractivity contribution in [2.75, 3.05) is 0 Å². The lowest BCUT2D eigenvalue weighted by Gasteiger charge is -2.08. The highest BCUT2D eigenvalue weighted by Gasteiger charge is 2.09. The molecule has 1 unspecified atom stereocenters. The van der Waals surface area contributed by atoms with Gasteiger partial charge in [0, 0.05) is 22.2 Å². The van der Waals surface area contributed by atoms with Gasteiger partial charge in [-0.15, -0.1) is 11.3 Å². The number of nitrogens with two attached hydrogens (primary N) is 1. The fraction of sp³-hybridized carbons (Fsp3) is 0.200. The maximum Gasteiger partial charge on any atom is 0.0795 e. The van der Waals surface area contributed by atoms with E-state index in [-0.39, 0.29) is 6.04 Å². The lowest BCUT2D eigenvalue weighted by Crippen LogP contribution is -2.13. The summed E-state index contributed by atoms with van der Waals surface area (Å²) in [5.74, 6) is 0. The van der Waals surface area contributed by atoms with Gasteiger partial charge in [0.2, 0.25) is 0 Å². The smallest absolute Gasteiger partial charge is 0.0795 e. The van der Waals surface area contributed by atoms with Gasteiger partial charge in [-0.1, -0.05) is 0 Å². The highest BCUT2D eigenvalue weighted by molar-refractivity contribution is 9.10. The van der Waals surface area contributed by atoms with Gasteiger partial charge in [-0.2, -0.15) is 0 Å². The number of halogens is 1. The predicted octanol–water partition coefficient (Wildman–Crippen LogP) is 2.54. The Morgan fingerprint density at radius 1 is 1.47 bits per heavy atom. The lowest BCUT2D eigenvalue weighted by atomic mass is 10.1. The number of nitrogens with zero attached hydrogens (tertiary/aromatic N) is 2. The molecule has 0 fully saturated rings. The summed E-state index contributed by atoms with van der Waals surface area (Å²) < 4.78 is 0.977. The summed E-state index contributed by atoms with van der Waals surface area (Å²) >= 11 is 4.95. The lowest BCUT2D eigenvalue weighted by molar-refractivity contribution is 0.699. The van der Waals surface area contributed by atoms with Gasteiger partial charge in [-0.3, -0.25) is 4.98 Å². The number of pyridine rings is 1. The van der Waals surface area contributed by atoms with Crippen molar-refractivity contribution in [2.45, 2.75) is 12.5 Å². The number of hydrogen-bond donors (Lipinski definition) is 1. The summed E-state index contributed by atoms with van der Waals surface area (Å²) in [6.07, 6.45) is 4.35. The summed E-state index contributed by atoms with van der Waals surface area (Å²) in [6, 6.07) is 1.98. The average Bonchev–Trinajstić information content (AvgIpc) is 2.70. The Morgan fingerprint density at radius 2 is 2.33 bits per heavy atom. The van der Waals surface area contributed by atoms with Crippen LogP contribution in [0.3, 0.4) is 0 Å². The molecule has 2 heterocycles. The van der Waals surface area contributed by atoms with Gasteiger partial charge in [-0.05, 0) is 34.0 Å². The highest BCUT2D eigenvalue weighted by atomic mass is 79.9. The van der Waals surface area contributed by atoms with Gasteiger partial charge in [-0.25, -0.2) is 4.98 Å². The van der Waals surface area contributed by atoms with Crippen LogP contribution < -0.4 is 5.73 Å². The van der Waals surface area contributed by atoms with Crippen molar-refractivity contribution in [3.8, 4) is 0 Å². The molecule has 3 nitrogen and oxygen atoms in total. The van der Waals surface area contributed by atoms with Gasteiger partial charge in [0.25, 0.3) is 0 Å². The summed E-state index contributed by atoms with van der Waals surface area (Å²) in [5, 5.41) is 1.98. The van der Waals surface area contributed by atoms with Crippen LogP contribution in [0.2, 0.25) is 0 Å². The van der Waals surface area contributed by atoms with E-state index in [1.807, 2.05) is 17.6 Å². The number of thiazole rings is 1. The van der Waals surface area contributed by atoms with Crippen LogP contribution in [-0.2, 0) is 6.42 Å². The van der Waals surface area contributed by atoms with Gasteiger partial charge in [0.05, 0.1) is 17.2 Å². The van der Waals surface area contributed by atoms with Gasteiger partial charge in [0.15, 0.2) is 0 Å². The van der Waals surface area contributed by atoms with Crippen LogP contribution in [0.5, 0.6) is 0 Å². The summed E-state index contributed by atoms with van der Waals surface area (Å²) in [7, 11) is 0. The van der Waals surface area contributed by atoms with E-state index in [1.165, 1.54) is 0 Å². The Bertz CT molecular complexity index is 430. The van der Waals surface area contributed by atoms with E-state index < -0.39 is 0 Å². The van der Waals surface area contributed by atoms with Crippen molar-refractivity contribution in [3.63, 3.8) is 0 Å². The maximum atomic E-state index is 6.02. The fourth-order valence-corrected chi connectivity index (χ4v) is 2.36. The first-order valence-electron chi connectivity index (χ1n) is 4.49. The molecule has 2 aromatic rings. The molecular weight excluding hydrogens is 274 g/mol.